The molecule has 3 aromatic rings. The molecule has 1 aliphatic heterocycles. The molecule has 8 nitrogen and oxygen atoms in total. The zero-order valence-electron chi connectivity index (χ0n) is 21.1. The predicted octanol–water partition coefficient (Wildman–Crippen LogP) is 4.45. The molecule has 5 rings (SSSR count). The van der Waals surface area contributed by atoms with Crippen LogP contribution >= 0.6 is 0 Å². The summed E-state index contributed by atoms with van der Waals surface area (Å²) in [5, 5.41) is 2.90. The van der Waals surface area contributed by atoms with Crippen molar-refractivity contribution in [3.05, 3.63) is 54.6 Å². The van der Waals surface area contributed by atoms with E-state index in [2.05, 4.69) is 75.9 Å². The van der Waals surface area contributed by atoms with Crippen LogP contribution in [0.4, 0.5) is 11.5 Å². The first-order chi connectivity index (χ1) is 17.4. The molecule has 1 unspecified atom stereocenters. The highest BCUT2D eigenvalue weighted by Crippen LogP contribution is 2.34. The molecule has 1 aliphatic carbocycles. The summed E-state index contributed by atoms with van der Waals surface area (Å²) in [5.74, 6) is 2.18. The fourth-order valence-electron chi connectivity index (χ4n) is 4.57. The van der Waals surface area contributed by atoms with Crippen LogP contribution in [0.25, 0.3) is 22.4 Å². The minimum Gasteiger partial charge on any atom is -0.372 e. The van der Waals surface area contributed by atoms with Crippen LogP contribution in [0, 0.1) is 24.7 Å². The Bertz CT molecular complexity index is 1220. The number of hydrogen-bond acceptors (Lipinski definition) is 6. The summed E-state index contributed by atoms with van der Waals surface area (Å²) < 4.78 is 0. The molecule has 1 saturated carbocycles. The molecular formula is C28H34N6O2. The molecule has 3 heterocycles. The monoisotopic (exact) mass is 486 g/mol. The van der Waals surface area contributed by atoms with E-state index >= 15 is 0 Å². The molecule has 36 heavy (non-hydrogen) atoms. The summed E-state index contributed by atoms with van der Waals surface area (Å²) in [6.45, 7) is 9.02. The molecule has 1 aromatic carbocycles. The lowest BCUT2D eigenvalue weighted by atomic mass is 9.95. The zero-order chi connectivity index (χ0) is 25.7. The predicted molar refractivity (Wildman–Crippen MR) is 142 cm³/mol. The first kappa shape index (κ1) is 25.3. The van der Waals surface area contributed by atoms with Crippen molar-refractivity contribution >= 4 is 23.8 Å². The van der Waals surface area contributed by atoms with Gasteiger partial charge in [0.1, 0.15) is 12.1 Å². The van der Waals surface area contributed by atoms with Gasteiger partial charge >= 0.3 is 0 Å². The number of primary amides is 1. The Morgan fingerprint density at radius 1 is 1.11 bits per heavy atom. The van der Waals surface area contributed by atoms with Gasteiger partial charge in [-0.1, -0.05) is 19.9 Å². The van der Waals surface area contributed by atoms with Gasteiger partial charge in [-0.25, -0.2) is 9.97 Å². The number of amides is 2. The number of nitrogens with two attached hydrogens (primary N) is 1. The molecule has 3 N–H and O–H groups in total. The second-order valence-electron chi connectivity index (χ2n) is 9.89. The van der Waals surface area contributed by atoms with Crippen LogP contribution in [0.1, 0.15) is 38.7 Å². The maximum Gasteiger partial charge on any atom is 0.228 e. The number of pyridine rings is 1. The van der Waals surface area contributed by atoms with Gasteiger partial charge in [-0.15, -0.1) is 0 Å². The minimum atomic E-state index is 0.0422. The van der Waals surface area contributed by atoms with Gasteiger partial charge in [-0.3, -0.25) is 14.6 Å². The molecule has 2 aromatic heterocycles. The Morgan fingerprint density at radius 2 is 1.86 bits per heavy atom. The standard InChI is InChI=1S/C27H31N5O.CH3NO/c1-17(2)20-8-9-32(15-20)23-7-4-18(3)24(11-23)21-10-22(14-28-13-21)25-12-26(30-16-29-25)31-27(33)19-5-6-19;2-1-3/h4,7,10-14,16-17,19-20H,5-6,8-9,15H2,1-3H3,(H,29,30,31,33);1H,(H2,2,3). The second-order valence-corrected chi connectivity index (χ2v) is 9.89. The van der Waals surface area contributed by atoms with Gasteiger partial charge in [-0.05, 0) is 67.3 Å². The third kappa shape index (κ3) is 6.05. The van der Waals surface area contributed by atoms with Gasteiger partial charge in [-0.2, -0.15) is 0 Å². The van der Waals surface area contributed by atoms with Gasteiger partial charge in [0.25, 0.3) is 0 Å². The number of rotatable bonds is 6. The summed E-state index contributed by atoms with van der Waals surface area (Å²) in [6.07, 6.45) is 8.65. The zero-order valence-corrected chi connectivity index (χ0v) is 21.1. The van der Waals surface area contributed by atoms with E-state index in [4.69, 9.17) is 4.79 Å². The van der Waals surface area contributed by atoms with Crippen LogP contribution in [0.5, 0.6) is 0 Å². The molecule has 188 valence electrons. The van der Waals surface area contributed by atoms with E-state index in [1.54, 1.807) is 0 Å². The van der Waals surface area contributed by atoms with Gasteiger partial charge < -0.3 is 16.0 Å². The van der Waals surface area contributed by atoms with E-state index in [1.165, 1.54) is 29.6 Å². The van der Waals surface area contributed by atoms with Crippen molar-refractivity contribution in [2.45, 2.75) is 40.0 Å². The van der Waals surface area contributed by atoms with Crippen LogP contribution in [-0.2, 0) is 9.59 Å². The fourth-order valence-corrected chi connectivity index (χ4v) is 4.57. The number of aromatic nitrogens is 3. The van der Waals surface area contributed by atoms with Crippen molar-refractivity contribution < 1.29 is 9.59 Å². The van der Waals surface area contributed by atoms with Crippen molar-refractivity contribution in [3.63, 3.8) is 0 Å². The van der Waals surface area contributed by atoms with E-state index in [1.807, 2.05) is 18.5 Å². The number of nitrogens with one attached hydrogen (secondary N) is 1. The lowest BCUT2D eigenvalue weighted by Crippen LogP contribution is -2.21. The lowest BCUT2D eigenvalue weighted by Gasteiger charge is -2.21. The van der Waals surface area contributed by atoms with Gasteiger partial charge in [0.15, 0.2) is 0 Å². The Kier molecular flexibility index (Phi) is 7.93. The Hall–Kier alpha value is -3.81. The Labute approximate surface area is 212 Å². The highest BCUT2D eigenvalue weighted by Gasteiger charge is 2.30. The SMILES string of the molecule is Cc1ccc(N2CCC(C(C)C)C2)cc1-c1cncc(-c2cc(NC(=O)C3CC3)ncn2)c1.NC=O. The van der Waals surface area contributed by atoms with Crippen molar-refractivity contribution in [1.29, 1.82) is 0 Å². The highest BCUT2D eigenvalue weighted by atomic mass is 16.2. The van der Waals surface area contributed by atoms with Gasteiger partial charge in [0, 0.05) is 54.3 Å². The molecule has 2 fully saturated rings. The summed E-state index contributed by atoms with van der Waals surface area (Å²) >= 11 is 0. The fraction of sp³-hybridized carbons (Fsp3) is 0.393. The summed E-state index contributed by atoms with van der Waals surface area (Å²) in [4.78, 5) is 36.3. The average Bonchev–Trinajstić information content (AvgIpc) is 3.61. The number of anilines is 2. The lowest BCUT2D eigenvalue weighted by molar-refractivity contribution is -0.117. The van der Waals surface area contributed by atoms with Crippen molar-refractivity contribution in [2.75, 3.05) is 23.3 Å². The van der Waals surface area contributed by atoms with Crippen LogP contribution in [0.2, 0.25) is 0 Å². The third-order valence-corrected chi connectivity index (χ3v) is 6.97. The number of carbonyl (C=O) groups excluding carboxylic acids is 2. The maximum absolute atomic E-state index is 12.1. The summed E-state index contributed by atoms with van der Waals surface area (Å²) in [6, 6.07) is 10.7. The molecule has 0 bridgehead atoms. The molecule has 0 radical (unpaired) electrons. The van der Waals surface area contributed by atoms with Crippen LogP contribution < -0.4 is 16.0 Å². The van der Waals surface area contributed by atoms with E-state index in [-0.39, 0.29) is 18.2 Å². The number of benzene rings is 1. The molecule has 1 atom stereocenters. The average molecular weight is 487 g/mol. The first-order valence-electron chi connectivity index (χ1n) is 12.5. The van der Waals surface area contributed by atoms with Crippen LogP contribution in [-0.4, -0.2) is 40.4 Å². The summed E-state index contributed by atoms with van der Waals surface area (Å²) in [5.41, 5.74) is 10.6. The Morgan fingerprint density at radius 3 is 2.56 bits per heavy atom. The van der Waals surface area contributed by atoms with Crippen LogP contribution in [0.3, 0.4) is 0 Å². The van der Waals surface area contributed by atoms with Gasteiger partial charge in [0.2, 0.25) is 12.3 Å². The quantitative estimate of drug-likeness (QED) is 0.498. The highest BCUT2D eigenvalue weighted by molar-refractivity contribution is 5.93. The normalized spacial score (nSPS) is 16.9. The summed E-state index contributed by atoms with van der Waals surface area (Å²) in [7, 11) is 0. The molecule has 8 heteroatoms. The molecular weight excluding hydrogens is 452 g/mol. The van der Waals surface area contributed by atoms with Crippen molar-refractivity contribution in [2.24, 2.45) is 23.5 Å². The number of aryl methyl sites for hydroxylation is 1. The smallest absolute Gasteiger partial charge is 0.228 e. The largest absolute Gasteiger partial charge is 0.372 e. The maximum atomic E-state index is 12.1. The minimum absolute atomic E-state index is 0.0422. The second kappa shape index (κ2) is 11.3. The third-order valence-electron chi connectivity index (χ3n) is 6.97. The van der Waals surface area contributed by atoms with E-state index in [9.17, 15) is 4.79 Å². The molecule has 1 saturated heterocycles. The topological polar surface area (TPSA) is 114 Å². The van der Waals surface area contributed by atoms with Gasteiger partial charge in [0.05, 0.1) is 5.69 Å². The van der Waals surface area contributed by atoms with E-state index < -0.39 is 0 Å². The van der Waals surface area contributed by atoms with E-state index in [0.29, 0.717) is 11.7 Å². The van der Waals surface area contributed by atoms with Crippen molar-refractivity contribution in [3.8, 4) is 22.4 Å². The molecule has 2 amide bonds. The first-order valence-corrected chi connectivity index (χ1v) is 12.5. The van der Waals surface area contributed by atoms with Crippen molar-refractivity contribution in [1.82, 2.24) is 15.0 Å². The molecule has 2 aliphatic rings. The number of carbonyl (C=O) groups is 2. The number of nitrogens with zero attached hydrogens (tertiary/aromatic N) is 4. The Balaban J connectivity index is 0.000000967. The number of hydrogen-bond donors (Lipinski definition) is 2. The van der Waals surface area contributed by atoms with Crippen LogP contribution in [0.15, 0.2) is 49.1 Å². The molecule has 0 spiro atoms. The van der Waals surface area contributed by atoms with E-state index in [0.717, 1.165) is 48.7 Å².